The molecule has 0 aliphatic rings. The van der Waals surface area contributed by atoms with Crippen LogP contribution in [-0.2, 0) is 28.6 Å². The maximum absolute atomic E-state index is 12.8. The van der Waals surface area contributed by atoms with Crippen LogP contribution in [0.3, 0.4) is 0 Å². The monoisotopic (exact) mass is 931 g/mol. The van der Waals surface area contributed by atoms with Crippen molar-refractivity contribution < 1.29 is 28.6 Å². The van der Waals surface area contributed by atoms with Gasteiger partial charge in [-0.15, -0.1) is 0 Å². The van der Waals surface area contributed by atoms with E-state index in [1.165, 1.54) is 89.9 Å². The van der Waals surface area contributed by atoms with Crippen molar-refractivity contribution in [2.24, 2.45) is 0 Å². The summed E-state index contributed by atoms with van der Waals surface area (Å²) in [5.74, 6) is -0.959. The van der Waals surface area contributed by atoms with Crippen LogP contribution in [0.15, 0.2) is 97.2 Å². The second-order valence-corrected chi connectivity index (χ2v) is 18.1. The molecule has 0 amide bonds. The molecule has 1 unspecified atom stereocenters. The lowest BCUT2D eigenvalue weighted by Crippen LogP contribution is -2.30. The third kappa shape index (κ3) is 53.2. The van der Waals surface area contributed by atoms with Crippen molar-refractivity contribution in [3.63, 3.8) is 0 Å². The van der Waals surface area contributed by atoms with Crippen LogP contribution in [0.5, 0.6) is 0 Å². The van der Waals surface area contributed by atoms with Gasteiger partial charge in [-0.3, -0.25) is 14.4 Å². The second-order valence-electron chi connectivity index (χ2n) is 18.1. The van der Waals surface area contributed by atoms with Crippen molar-refractivity contribution in [2.75, 3.05) is 13.2 Å². The third-order valence-corrected chi connectivity index (χ3v) is 11.6. The molecule has 0 saturated heterocycles. The molecular weight excluding hydrogens is 829 g/mol. The van der Waals surface area contributed by atoms with Gasteiger partial charge in [0.05, 0.1) is 0 Å². The molecule has 0 fully saturated rings. The summed E-state index contributed by atoms with van der Waals surface area (Å²) in [6.07, 6.45) is 72.5. The van der Waals surface area contributed by atoms with E-state index in [9.17, 15) is 14.4 Å². The van der Waals surface area contributed by atoms with Gasteiger partial charge in [0.15, 0.2) is 6.10 Å². The molecular formula is C61H102O6. The van der Waals surface area contributed by atoms with E-state index in [0.717, 1.165) is 122 Å². The van der Waals surface area contributed by atoms with E-state index in [4.69, 9.17) is 14.2 Å². The highest BCUT2D eigenvalue weighted by atomic mass is 16.6. The van der Waals surface area contributed by atoms with E-state index < -0.39 is 6.10 Å². The number of unbranched alkanes of at least 4 members (excludes halogenated alkanes) is 22. The normalized spacial score (nSPS) is 12.8. The Morgan fingerprint density at radius 3 is 0.940 bits per heavy atom. The van der Waals surface area contributed by atoms with Gasteiger partial charge in [-0.05, 0) is 116 Å². The molecule has 0 heterocycles. The fourth-order valence-corrected chi connectivity index (χ4v) is 7.44. The maximum Gasteiger partial charge on any atom is 0.306 e. The number of allylic oxidation sites excluding steroid dienone is 16. The fourth-order valence-electron chi connectivity index (χ4n) is 7.44. The Hall–Kier alpha value is -3.67. The van der Waals surface area contributed by atoms with Crippen molar-refractivity contribution in [2.45, 2.75) is 258 Å². The zero-order valence-corrected chi connectivity index (χ0v) is 43.6. The molecule has 6 nitrogen and oxygen atoms in total. The minimum absolute atomic E-state index is 0.101. The smallest absolute Gasteiger partial charge is 0.306 e. The molecule has 0 aromatic heterocycles. The summed E-state index contributed by atoms with van der Waals surface area (Å²) < 4.78 is 16.8. The molecule has 0 rings (SSSR count). The summed E-state index contributed by atoms with van der Waals surface area (Å²) in [5, 5.41) is 0. The predicted octanol–water partition coefficient (Wildman–Crippen LogP) is 18.5. The number of hydrogen-bond acceptors (Lipinski definition) is 6. The molecule has 0 spiro atoms. The molecule has 0 bridgehead atoms. The highest BCUT2D eigenvalue weighted by Gasteiger charge is 2.19. The van der Waals surface area contributed by atoms with Gasteiger partial charge in [-0.2, -0.15) is 0 Å². The number of ether oxygens (including phenoxy) is 3. The van der Waals surface area contributed by atoms with Crippen LogP contribution in [0, 0.1) is 0 Å². The molecule has 382 valence electrons. The SMILES string of the molecule is CC/C=C\C/C=C\C/C=C\C/C=C\CCCCCC(=O)OC(COC(=O)CCCCCC/C=C\C/C=C\C/C=C\CC)COC(=O)CCCCCCCCC/C=C\CCCCCCCCCC. The van der Waals surface area contributed by atoms with Gasteiger partial charge in [0.1, 0.15) is 13.2 Å². The minimum Gasteiger partial charge on any atom is -0.462 e. The van der Waals surface area contributed by atoms with Crippen LogP contribution in [0.25, 0.3) is 0 Å². The lowest BCUT2D eigenvalue weighted by molar-refractivity contribution is -0.167. The number of esters is 3. The summed E-state index contributed by atoms with van der Waals surface area (Å²) >= 11 is 0. The molecule has 0 N–H and O–H groups in total. The number of carbonyl (C=O) groups is 3. The molecule has 0 aromatic carbocycles. The van der Waals surface area contributed by atoms with Gasteiger partial charge in [0, 0.05) is 19.3 Å². The largest absolute Gasteiger partial charge is 0.462 e. The van der Waals surface area contributed by atoms with Crippen molar-refractivity contribution in [3.8, 4) is 0 Å². The van der Waals surface area contributed by atoms with Crippen LogP contribution in [0.4, 0.5) is 0 Å². The summed E-state index contributed by atoms with van der Waals surface area (Å²) in [6, 6.07) is 0. The minimum atomic E-state index is -0.806. The van der Waals surface area contributed by atoms with Crippen LogP contribution in [-0.4, -0.2) is 37.2 Å². The molecule has 0 aliphatic carbocycles. The topological polar surface area (TPSA) is 78.9 Å². The number of hydrogen-bond donors (Lipinski definition) is 0. The summed E-state index contributed by atoms with van der Waals surface area (Å²) in [5.41, 5.74) is 0. The zero-order valence-electron chi connectivity index (χ0n) is 43.6. The summed E-state index contributed by atoms with van der Waals surface area (Å²) in [6.45, 7) is 6.36. The molecule has 0 aliphatic heterocycles. The molecule has 6 heteroatoms. The van der Waals surface area contributed by atoms with Gasteiger partial charge >= 0.3 is 17.9 Å². The van der Waals surface area contributed by atoms with E-state index in [0.29, 0.717) is 12.8 Å². The van der Waals surface area contributed by atoms with Crippen molar-refractivity contribution in [1.29, 1.82) is 0 Å². The molecule has 1 atom stereocenters. The third-order valence-electron chi connectivity index (χ3n) is 11.6. The van der Waals surface area contributed by atoms with Gasteiger partial charge in [-0.1, -0.05) is 214 Å². The van der Waals surface area contributed by atoms with E-state index in [1.807, 2.05) is 0 Å². The highest BCUT2D eigenvalue weighted by molar-refractivity contribution is 5.71. The van der Waals surface area contributed by atoms with E-state index in [-0.39, 0.29) is 37.5 Å². The van der Waals surface area contributed by atoms with Crippen LogP contribution < -0.4 is 0 Å². The average molecular weight is 931 g/mol. The Kier molecular flexibility index (Phi) is 51.9. The van der Waals surface area contributed by atoms with Gasteiger partial charge < -0.3 is 14.2 Å². The summed E-state index contributed by atoms with van der Waals surface area (Å²) in [4.78, 5) is 38.1. The lowest BCUT2D eigenvalue weighted by atomic mass is 10.1. The zero-order chi connectivity index (χ0) is 48.6. The van der Waals surface area contributed by atoms with E-state index >= 15 is 0 Å². The standard InChI is InChI=1S/C61H102O6/c1-4-7-10-13-16-19-22-25-28-30-31-32-34-36-39-42-45-48-51-54-60(63)66-57-58(56-65-59(62)53-50-47-44-41-38-35-27-24-21-18-15-12-9-6-3)67-61(64)55-52-49-46-43-40-37-33-29-26-23-20-17-14-11-8-5-2/h8-9,11-12,17-18,20-21,26-27,29-31,35,37,40,58H,4-7,10,13-16,19,22-25,28,32-34,36,38-39,41-57H2,1-3H3/b11-8-,12-9-,20-17-,21-18-,29-26-,31-30-,35-27-,40-37-. The fraction of sp³-hybridized carbons (Fsp3) is 0.689. The van der Waals surface area contributed by atoms with Crippen molar-refractivity contribution in [3.05, 3.63) is 97.2 Å². The Labute approximate surface area is 413 Å². The maximum atomic E-state index is 12.8. The van der Waals surface area contributed by atoms with Crippen molar-refractivity contribution in [1.82, 2.24) is 0 Å². The van der Waals surface area contributed by atoms with E-state index in [2.05, 4.69) is 118 Å². The number of rotatable bonds is 49. The first-order valence-electron chi connectivity index (χ1n) is 27.7. The Bertz CT molecular complexity index is 1350. The molecule has 0 aromatic rings. The first-order valence-corrected chi connectivity index (χ1v) is 27.7. The van der Waals surface area contributed by atoms with Crippen LogP contribution in [0.1, 0.15) is 252 Å². The quantitative estimate of drug-likeness (QED) is 0.0262. The summed E-state index contributed by atoms with van der Waals surface area (Å²) in [7, 11) is 0. The van der Waals surface area contributed by atoms with E-state index in [1.54, 1.807) is 0 Å². The van der Waals surface area contributed by atoms with Crippen LogP contribution >= 0.6 is 0 Å². The van der Waals surface area contributed by atoms with Crippen LogP contribution in [0.2, 0.25) is 0 Å². The Morgan fingerprint density at radius 1 is 0.313 bits per heavy atom. The van der Waals surface area contributed by atoms with Gasteiger partial charge in [-0.25, -0.2) is 0 Å². The molecule has 67 heavy (non-hydrogen) atoms. The number of carbonyl (C=O) groups excluding carboxylic acids is 3. The molecule has 0 radical (unpaired) electrons. The first-order chi connectivity index (χ1) is 33.0. The first kappa shape index (κ1) is 63.3. The van der Waals surface area contributed by atoms with Gasteiger partial charge in [0.25, 0.3) is 0 Å². The molecule has 0 saturated carbocycles. The highest BCUT2D eigenvalue weighted by Crippen LogP contribution is 2.14. The van der Waals surface area contributed by atoms with Gasteiger partial charge in [0.2, 0.25) is 0 Å². The Morgan fingerprint density at radius 2 is 0.582 bits per heavy atom. The van der Waals surface area contributed by atoms with Crippen molar-refractivity contribution >= 4 is 17.9 Å². The second kappa shape index (κ2) is 54.9. The predicted molar refractivity (Wildman–Crippen MR) is 288 cm³/mol. The average Bonchev–Trinajstić information content (AvgIpc) is 3.33. The Balaban J connectivity index is 4.45. The lowest BCUT2D eigenvalue weighted by Gasteiger charge is -2.18.